The topological polar surface area (TPSA) is 55.8 Å². The van der Waals surface area contributed by atoms with Gasteiger partial charge >= 0.3 is 0 Å². The quantitative estimate of drug-likeness (QED) is 0.738. The zero-order valence-electron chi connectivity index (χ0n) is 16.6. The SMILES string of the molecule is CC1=C(C(=O)N2CCC[C@@H](C(=O)c3ccc(-c4ccccc4)cc3)C2)OCCO1. The molecule has 5 nitrogen and oxygen atoms in total. The minimum absolute atomic E-state index is 0.0913. The Morgan fingerprint density at radius 1 is 0.931 bits per heavy atom. The van der Waals surface area contributed by atoms with Crippen LogP contribution in [-0.2, 0) is 14.3 Å². The molecule has 150 valence electrons. The minimum Gasteiger partial charge on any atom is -0.491 e. The number of carbonyl (C=O) groups is 2. The van der Waals surface area contributed by atoms with E-state index in [1.807, 2.05) is 42.5 Å². The summed E-state index contributed by atoms with van der Waals surface area (Å²) < 4.78 is 11.0. The van der Waals surface area contributed by atoms with Crippen LogP contribution in [0.2, 0.25) is 0 Å². The summed E-state index contributed by atoms with van der Waals surface area (Å²) in [4.78, 5) is 27.6. The first-order valence-corrected chi connectivity index (χ1v) is 10.1. The number of rotatable bonds is 4. The Balaban J connectivity index is 1.45. The van der Waals surface area contributed by atoms with Crippen molar-refractivity contribution < 1.29 is 19.1 Å². The summed E-state index contributed by atoms with van der Waals surface area (Å²) in [6.45, 7) is 3.63. The predicted octanol–water partition coefficient (Wildman–Crippen LogP) is 4.05. The van der Waals surface area contributed by atoms with Gasteiger partial charge in [-0.2, -0.15) is 0 Å². The van der Waals surface area contributed by atoms with Crippen molar-refractivity contribution in [1.82, 2.24) is 4.90 Å². The lowest BCUT2D eigenvalue weighted by atomic mass is 9.89. The molecule has 1 atom stereocenters. The van der Waals surface area contributed by atoms with Crippen molar-refractivity contribution in [2.24, 2.45) is 5.92 Å². The molecule has 0 saturated carbocycles. The highest BCUT2D eigenvalue weighted by atomic mass is 16.6. The van der Waals surface area contributed by atoms with Crippen molar-refractivity contribution in [3.05, 3.63) is 71.7 Å². The van der Waals surface area contributed by atoms with Gasteiger partial charge < -0.3 is 14.4 Å². The van der Waals surface area contributed by atoms with Crippen molar-refractivity contribution in [2.45, 2.75) is 19.8 Å². The Kier molecular flexibility index (Phi) is 5.65. The third-order valence-corrected chi connectivity index (χ3v) is 5.52. The first-order valence-electron chi connectivity index (χ1n) is 10.1. The maximum absolute atomic E-state index is 13.1. The summed E-state index contributed by atoms with van der Waals surface area (Å²) in [6, 6.07) is 17.8. The highest BCUT2D eigenvalue weighted by molar-refractivity contribution is 5.99. The molecule has 4 rings (SSSR count). The van der Waals surface area contributed by atoms with Gasteiger partial charge in [0.2, 0.25) is 5.76 Å². The molecular formula is C24H25NO4. The van der Waals surface area contributed by atoms with E-state index in [0.29, 0.717) is 37.6 Å². The molecule has 0 N–H and O–H groups in total. The van der Waals surface area contributed by atoms with Crippen molar-refractivity contribution in [3.63, 3.8) is 0 Å². The number of Topliss-reactive ketones (excluding diaryl/α,β-unsaturated/α-hetero) is 1. The van der Waals surface area contributed by atoms with Crippen LogP contribution in [0.5, 0.6) is 0 Å². The van der Waals surface area contributed by atoms with Crippen LogP contribution in [0.15, 0.2) is 66.1 Å². The number of amides is 1. The van der Waals surface area contributed by atoms with E-state index in [2.05, 4.69) is 12.1 Å². The number of likely N-dealkylation sites (tertiary alicyclic amines) is 1. The normalized spacial score (nSPS) is 19.3. The van der Waals surface area contributed by atoms with Crippen LogP contribution in [-0.4, -0.2) is 42.9 Å². The lowest BCUT2D eigenvalue weighted by molar-refractivity contribution is -0.134. The predicted molar refractivity (Wildman–Crippen MR) is 110 cm³/mol. The van der Waals surface area contributed by atoms with Crippen LogP contribution in [0.4, 0.5) is 0 Å². The molecular weight excluding hydrogens is 366 g/mol. The summed E-state index contributed by atoms with van der Waals surface area (Å²) in [5, 5.41) is 0. The highest BCUT2D eigenvalue weighted by Crippen LogP contribution is 2.26. The van der Waals surface area contributed by atoms with Crippen LogP contribution in [0, 0.1) is 5.92 Å². The fourth-order valence-electron chi connectivity index (χ4n) is 3.93. The molecule has 2 aromatic rings. The Morgan fingerprint density at radius 2 is 1.62 bits per heavy atom. The molecule has 5 heteroatoms. The monoisotopic (exact) mass is 391 g/mol. The Labute approximate surface area is 170 Å². The molecule has 2 aromatic carbocycles. The van der Waals surface area contributed by atoms with Gasteiger partial charge in [0, 0.05) is 24.6 Å². The van der Waals surface area contributed by atoms with Gasteiger partial charge in [0.1, 0.15) is 19.0 Å². The van der Waals surface area contributed by atoms with Crippen molar-refractivity contribution >= 4 is 11.7 Å². The zero-order valence-corrected chi connectivity index (χ0v) is 16.6. The lowest BCUT2D eigenvalue weighted by Crippen LogP contribution is -2.44. The van der Waals surface area contributed by atoms with E-state index < -0.39 is 0 Å². The molecule has 2 aliphatic rings. The molecule has 2 heterocycles. The van der Waals surface area contributed by atoms with Crippen molar-refractivity contribution in [1.29, 1.82) is 0 Å². The van der Waals surface area contributed by atoms with Crippen LogP contribution in [0.1, 0.15) is 30.1 Å². The number of nitrogens with zero attached hydrogens (tertiary/aromatic N) is 1. The molecule has 29 heavy (non-hydrogen) atoms. The van der Waals surface area contributed by atoms with Gasteiger partial charge in [-0.1, -0.05) is 54.6 Å². The molecule has 2 aliphatic heterocycles. The second kappa shape index (κ2) is 8.52. The Bertz CT molecular complexity index is 918. The molecule has 1 saturated heterocycles. The van der Waals surface area contributed by atoms with Crippen molar-refractivity contribution in [2.75, 3.05) is 26.3 Å². The van der Waals surface area contributed by atoms with E-state index >= 15 is 0 Å². The van der Waals surface area contributed by atoms with Crippen LogP contribution in [0.3, 0.4) is 0 Å². The number of ketones is 1. The fraction of sp³-hybridized carbons (Fsp3) is 0.333. The van der Waals surface area contributed by atoms with Gasteiger partial charge in [-0.3, -0.25) is 9.59 Å². The van der Waals surface area contributed by atoms with E-state index in [1.54, 1.807) is 11.8 Å². The molecule has 1 fully saturated rings. The number of carbonyl (C=O) groups excluding carboxylic acids is 2. The van der Waals surface area contributed by atoms with Gasteiger partial charge in [-0.25, -0.2) is 0 Å². The number of hydrogen-bond acceptors (Lipinski definition) is 4. The maximum atomic E-state index is 13.1. The van der Waals surface area contributed by atoms with Crippen molar-refractivity contribution in [3.8, 4) is 11.1 Å². The summed E-state index contributed by atoms with van der Waals surface area (Å²) in [7, 11) is 0. The average molecular weight is 391 g/mol. The van der Waals surface area contributed by atoms with Crippen LogP contribution in [0.25, 0.3) is 11.1 Å². The van der Waals surface area contributed by atoms with E-state index in [9.17, 15) is 9.59 Å². The number of allylic oxidation sites excluding steroid dienone is 1. The van der Waals surface area contributed by atoms with Crippen LogP contribution < -0.4 is 0 Å². The van der Waals surface area contributed by atoms with Crippen LogP contribution >= 0.6 is 0 Å². The number of benzene rings is 2. The Hall–Kier alpha value is -3.08. The summed E-state index contributed by atoms with van der Waals surface area (Å²) in [5.74, 6) is 0.510. The van der Waals surface area contributed by atoms with Gasteiger partial charge in [-0.15, -0.1) is 0 Å². The first kappa shape index (κ1) is 19.2. The molecule has 0 unspecified atom stereocenters. The molecule has 0 aliphatic carbocycles. The first-order chi connectivity index (χ1) is 14.1. The fourth-order valence-corrected chi connectivity index (χ4v) is 3.93. The zero-order chi connectivity index (χ0) is 20.2. The Morgan fingerprint density at radius 3 is 2.34 bits per heavy atom. The molecule has 1 amide bonds. The average Bonchev–Trinajstić information content (AvgIpc) is 2.79. The van der Waals surface area contributed by atoms with E-state index in [0.717, 1.165) is 24.0 Å². The summed E-state index contributed by atoms with van der Waals surface area (Å²) >= 11 is 0. The van der Waals surface area contributed by atoms with E-state index in [1.165, 1.54) is 0 Å². The molecule has 0 radical (unpaired) electrons. The minimum atomic E-state index is -0.194. The molecule has 0 spiro atoms. The molecule has 0 bridgehead atoms. The lowest BCUT2D eigenvalue weighted by Gasteiger charge is -2.33. The number of ether oxygens (including phenoxy) is 2. The summed E-state index contributed by atoms with van der Waals surface area (Å²) in [5.41, 5.74) is 2.90. The third-order valence-electron chi connectivity index (χ3n) is 5.52. The smallest absolute Gasteiger partial charge is 0.292 e. The maximum Gasteiger partial charge on any atom is 0.292 e. The number of piperidine rings is 1. The second-order valence-electron chi connectivity index (χ2n) is 7.48. The van der Waals surface area contributed by atoms with E-state index in [-0.39, 0.29) is 23.4 Å². The third kappa shape index (κ3) is 4.19. The van der Waals surface area contributed by atoms with Gasteiger partial charge in [0.15, 0.2) is 5.78 Å². The van der Waals surface area contributed by atoms with Gasteiger partial charge in [0.05, 0.1) is 0 Å². The highest BCUT2D eigenvalue weighted by Gasteiger charge is 2.32. The summed E-state index contributed by atoms with van der Waals surface area (Å²) in [6.07, 6.45) is 1.59. The standard InChI is InChI=1S/C24H25NO4/c1-17-23(29-15-14-28-17)24(27)25-13-5-8-21(16-25)22(26)20-11-9-19(10-12-20)18-6-3-2-4-7-18/h2-4,6-7,9-12,21H,5,8,13-16H2,1H3/t21-/m1/s1. The van der Waals surface area contributed by atoms with E-state index in [4.69, 9.17) is 9.47 Å². The van der Waals surface area contributed by atoms with Gasteiger partial charge in [0.25, 0.3) is 5.91 Å². The van der Waals surface area contributed by atoms with Gasteiger partial charge in [-0.05, 0) is 30.9 Å². The second-order valence-corrected chi connectivity index (χ2v) is 7.48. The number of hydrogen-bond donors (Lipinski definition) is 0. The molecule has 0 aromatic heterocycles. The largest absolute Gasteiger partial charge is 0.491 e.